The Bertz CT molecular complexity index is 1320. The number of nitrogens with zero attached hydrogens (tertiary/aromatic N) is 1. The second-order valence-corrected chi connectivity index (χ2v) is 8.67. The van der Waals surface area contributed by atoms with Crippen LogP contribution in [0.1, 0.15) is 11.3 Å². The van der Waals surface area contributed by atoms with Crippen LogP contribution < -0.4 is 64.7 Å². The molecule has 4 N–H and O–H groups in total. The first kappa shape index (κ1) is 27.1. The molecule has 0 saturated carbocycles. The van der Waals surface area contributed by atoms with Gasteiger partial charge in [0.2, 0.25) is 0 Å². The van der Waals surface area contributed by atoms with Gasteiger partial charge in [0.05, 0.1) is 4.90 Å². The molecule has 0 aliphatic rings. The summed E-state index contributed by atoms with van der Waals surface area (Å²) in [5, 5.41) is 12.8. The fourth-order valence-electron chi connectivity index (χ4n) is 2.66. The molecule has 1 aromatic heterocycles. The minimum Gasteiger partial charge on any atom is -0.506 e. The van der Waals surface area contributed by atoms with Crippen molar-refractivity contribution in [3.05, 3.63) is 70.1 Å². The van der Waals surface area contributed by atoms with Crippen LogP contribution >= 0.6 is 0 Å². The van der Waals surface area contributed by atoms with Gasteiger partial charge in [0.25, 0.3) is 25.8 Å². The molecule has 0 unspecified atom stereocenters. The van der Waals surface area contributed by atoms with E-state index in [9.17, 15) is 31.3 Å². The molecule has 0 saturated heterocycles. The Balaban J connectivity index is 0.00000225. The van der Waals surface area contributed by atoms with Crippen molar-refractivity contribution in [1.29, 1.82) is 0 Å². The molecule has 148 valence electrons. The van der Waals surface area contributed by atoms with Crippen LogP contribution in [0.4, 0.5) is 0 Å². The number of nitrogens with one attached hydrogen (secondary N) is 1. The predicted octanol–water partition coefficient (Wildman–Crippen LogP) is -5.04. The Hall–Kier alpha value is -0.930. The Kier molecular flexibility index (Phi) is 9.15. The van der Waals surface area contributed by atoms with Crippen molar-refractivity contribution in [3.63, 3.8) is 0 Å². The zero-order chi connectivity index (χ0) is 20.7. The SMILES string of the molecule is O=c1cc(Cc2ccccc2)[nH]n1-c1c(O)cc(S(=O)(=O)O)cc1S(=O)(=O)O.[Na+].[Na+]. The molecule has 30 heavy (non-hydrogen) atoms. The molecule has 0 bridgehead atoms. The molecule has 0 aliphatic heterocycles. The van der Waals surface area contributed by atoms with Crippen molar-refractivity contribution < 1.29 is 90.2 Å². The summed E-state index contributed by atoms with van der Waals surface area (Å²) >= 11 is 0. The van der Waals surface area contributed by atoms with Crippen LogP contribution in [0.3, 0.4) is 0 Å². The Morgan fingerprint density at radius 1 is 0.900 bits per heavy atom. The number of aromatic nitrogens is 2. The predicted molar refractivity (Wildman–Crippen MR) is 96.9 cm³/mol. The molecular formula is C16H14N2Na2O8S2+2. The molecule has 14 heteroatoms. The first-order valence-electron chi connectivity index (χ1n) is 7.64. The summed E-state index contributed by atoms with van der Waals surface area (Å²) in [6.45, 7) is 0. The van der Waals surface area contributed by atoms with Crippen molar-refractivity contribution in [2.75, 3.05) is 0 Å². The third-order valence-electron chi connectivity index (χ3n) is 3.84. The van der Waals surface area contributed by atoms with Crippen molar-refractivity contribution in [2.24, 2.45) is 0 Å². The molecule has 3 aromatic rings. The van der Waals surface area contributed by atoms with Crippen LogP contribution in [0.25, 0.3) is 5.69 Å². The summed E-state index contributed by atoms with van der Waals surface area (Å²) < 4.78 is 65.2. The van der Waals surface area contributed by atoms with E-state index in [-0.39, 0.29) is 65.5 Å². The molecule has 0 amide bonds. The van der Waals surface area contributed by atoms with E-state index < -0.39 is 47.0 Å². The number of hydrogen-bond donors (Lipinski definition) is 4. The normalized spacial score (nSPS) is 11.4. The maximum atomic E-state index is 12.3. The molecule has 2 aromatic carbocycles. The van der Waals surface area contributed by atoms with E-state index in [1.807, 2.05) is 6.07 Å². The van der Waals surface area contributed by atoms with Crippen LogP contribution in [0, 0.1) is 0 Å². The molecule has 10 nitrogen and oxygen atoms in total. The van der Waals surface area contributed by atoms with Crippen LogP contribution in [0.5, 0.6) is 5.75 Å². The summed E-state index contributed by atoms with van der Waals surface area (Å²) in [6.07, 6.45) is 0.286. The molecule has 3 rings (SSSR count). The summed E-state index contributed by atoms with van der Waals surface area (Å²) in [4.78, 5) is 10.3. The second kappa shape index (κ2) is 10.1. The zero-order valence-electron chi connectivity index (χ0n) is 16.0. The topological polar surface area (TPSA) is 167 Å². The van der Waals surface area contributed by atoms with Crippen molar-refractivity contribution in [1.82, 2.24) is 9.78 Å². The number of hydrogen-bond acceptors (Lipinski definition) is 6. The molecule has 0 atom stereocenters. The summed E-state index contributed by atoms with van der Waals surface area (Å²) in [7, 11) is -9.95. The molecular weight excluding hydrogens is 458 g/mol. The quantitative estimate of drug-likeness (QED) is 0.212. The van der Waals surface area contributed by atoms with Gasteiger partial charge in [0.1, 0.15) is 16.3 Å². The Labute approximate surface area is 216 Å². The minimum atomic E-state index is -5.07. The van der Waals surface area contributed by atoms with E-state index in [0.29, 0.717) is 22.5 Å². The number of H-pyrrole nitrogens is 1. The van der Waals surface area contributed by atoms with E-state index in [0.717, 1.165) is 11.6 Å². The van der Waals surface area contributed by atoms with Gasteiger partial charge in [0.15, 0.2) is 0 Å². The third-order valence-corrected chi connectivity index (χ3v) is 5.54. The zero-order valence-corrected chi connectivity index (χ0v) is 21.6. The average Bonchev–Trinajstić information content (AvgIpc) is 2.93. The first-order chi connectivity index (χ1) is 13.0. The number of phenols is 1. The fourth-order valence-corrected chi connectivity index (χ4v) is 3.97. The van der Waals surface area contributed by atoms with Gasteiger partial charge in [-0.2, -0.15) is 16.8 Å². The average molecular weight is 472 g/mol. The Morgan fingerprint density at radius 2 is 1.50 bits per heavy atom. The number of phenolic OH excluding ortho intramolecular Hbond substituents is 1. The summed E-state index contributed by atoms with van der Waals surface area (Å²) in [5.74, 6) is -0.960. The number of benzene rings is 2. The van der Waals surface area contributed by atoms with Gasteiger partial charge in [-0.25, -0.2) is 4.68 Å². The molecule has 0 aliphatic carbocycles. The van der Waals surface area contributed by atoms with E-state index in [1.165, 1.54) is 0 Å². The maximum Gasteiger partial charge on any atom is 1.00 e. The van der Waals surface area contributed by atoms with E-state index in [2.05, 4.69) is 5.10 Å². The molecule has 0 fully saturated rings. The maximum absolute atomic E-state index is 12.3. The van der Waals surface area contributed by atoms with Gasteiger partial charge in [-0.15, -0.1) is 0 Å². The number of aromatic amines is 1. The fraction of sp³-hybridized carbons (Fsp3) is 0.0625. The van der Waals surface area contributed by atoms with Crippen molar-refractivity contribution in [3.8, 4) is 11.4 Å². The second-order valence-electron chi connectivity index (χ2n) is 5.86. The molecule has 1 heterocycles. The van der Waals surface area contributed by atoms with Crippen LogP contribution in [0.15, 0.2) is 63.1 Å². The van der Waals surface area contributed by atoms with Crippen LogP contribution in [-0.2, 0) is 26.7 Å². The van der Waals surface area contributed by atoms with Gasteiger partial charge in [-0.3, -0.25) is 19.0 Å². The van der Waals surface area contributed by atoms with Gasteiger partial charge in [-0.05, 0) is 11.6 Å². The monoisotopic (exact) mass is 472 g/mol. The number of rotatable bonds is 5. The smallest absolute Gasteiger partial charge is 0.506 e. The van der Waals surface area contributed by atoms with Gasteiger partial charge in [-0.1, -0.05) is 30.3 Å². The molecule has 0 spiro atoms. The van der Waals surface area contributed by atoms with Crippen LogP contribution in [-0.4, -0.2) is 40.8 Å². The van der Waals surface area contributed by atoms with E-state index in [4.69, 9.17) is 4.55 Å². The van der Waals surface area contributed by atoms with Gasteiger partial charge >= 0.3 is 59.1 Å². The minimum absolute atomic E-state index is 0. The third kappa shape index (κ3) is 6.07. The first-order valence-corrected chi connectivity index (χ1v) is 10.5. The standard InChI is InChI=1S/C16H14N2O8S2.2Na/c19-13-8-12(27(21,22)23)9-14(28(24,25)26)16(13)18-15(20)7-11(17-18)6-10-4-2-1-3-5-10;;/h1-5,7-9,17,19H,6H2,(H,21,22,23)(H,24,25,26);;/q;2*+1. The van der Waals surface area contributed by atoms with Gasteiger partial charge in [0, 0.05) is 24.2 Å². The summed E-state index contributed by atoms with van der Waals surface area (Å²) in [6, 6.07) is 11.2. The van der Waals surface area contributed by atoms with Crippen LogP contribution in [0.2, 0.25) is 0 Å². The van der Waals surface area contributed by atoms with Crippen molar-refractivity contribution in [2.45, 2.75) is 16.2 Å². The molecule has 0 radical (unpaired) electrons. The number of aromatic hydroxyl groups is 1. The van der Waals surface area contributed by atoms with E-state index in [1.54, 1.807) is 24.3 Å². The van der Waals surface area contributed by atoms with E-state index >= 15 is 0 Å². The van der Waals surface area contributed by atoms with Crippen molar-refractivity contribution >= 4 is 20.2 Å². The summed E-state index contributed by atoms with van der Waals surface area (Å²) in [5.41, 5.74) is -0.225. The largest absolute Gasteiger partial charge is 1.00 e. The van der Waals surface area contributed by atoms with Gasteiger partial charge < -0.3 is 5.11 Å². The Morgan fingerprint density at radius 3 is 2.03 bits per heavy atom.